The first kappa shape index (κ1) is 12.9. The fourth-order valence-corrected chi connectivity index (χ4v) is 1.32. The number of hydrogen-bond acceptors (Lipinski definition) is 4. The van der Waals surface area contributed by atoms with E-state index in [1.54, 1.807) is 0 Å². The van der Waals surface area contributed by atoms with Gasteiger partial charge in [0.25, 0.3) is 0 Å². The summed E-state index contributed by atoms with van der Waals surface area (Å²) in [7, 11) is 0. The third-order valence-corrected chi connectivity index (χ3v) is 2.20. The van der Waals surface area contributed by atoms with E-state index >= 15 is 0 Å². The van der Waals surface area contributed by atoms with Crippen LogP contribution < -0.4 is 0 Å². The van der Waals surface area contributed by atoms with Crippen molar-refractivity contribution in [1.82, 2.24) is 0 Å². The van der Waals surface area contributed by atoms with Gasteiger partial charge in [0, 0.05) is 47.0 Å². The van der Waals surface area contributed by atoms with Crippen molar-refractivity contribution in [2.75, 3.05) is 0 Å². The molecule has 0 unspecified atom stereocenters. The molecule has 0 aromatic carbocycles. The van der Waals surface area contributed by atoms with E-state index in [4.69, 9.17) is 10.5 Å². The summed E-state index contributed by atoms with van der Waals surface area (Å²) in [5.74, 6) is -0.817. The van der Waals surface area contributed by atoms with E-state index in [2.05, 4.69) is 16.7 Å². The van der Waals surface area contributed by atoms with Crippen molar-refractivity contribution in [1.29, 1.82) is 0 Å². The smallest absolute Gasteiger partial charge is 0.233 e. The molecule has 4 nitrogen and oxygen atoms in total. The Balaban J connectivity index is 0. The molecular formula is C7H15O4Y-. The molecule has 2 N–H and O–H groups in total. The Morgan fingerprint density at radius 3 is 2.00 bits per heavy atom. The van der Waals surface area contributed by atoms with E-state index in [9.17, 15) is 0 Å². The summed E-state index contributed by atoms with van der Waals surface area (Å²) < 4.78 is 0. The maximum absolute atomic E-state index is 8.42. The third-order valence-electron chi connectivity index (χ3n) is 2.20. The Bertz CT molecular complexity index is 122. The quantitative estimate of drug-likeness (QED) is 0.341. The maximum atomic E-state index is 8.42. The van der Waals surface area contributed by atoms with Crippen molar-refractivity contribution in [3.63, 3.8) is 0 Å². The fourth-order valence-electron chi connectivity index (χ4n) is 1.32. The van der Waals surface area contributed by atoms with E-state index in [0.717, 1.165) is 12.8 Å². The molecule has 1 rings (SSSR count). The van der Waals surface area contributed by atoms with Gasteiger partial charge >= 0.3 is 0 Å². The Morgan fingerprint density at radius 1 is 1.25 bits per heavy atom. The molecule has 1 fully saturated rings. The Morgan fingerprint density at radius 2 is 1.67 bits per heavy atom. The molecule has 0 bridgehead atoms. The standard InChI is InChI=1S/C7H13O4.Y.H2/c1-6-2-4-7(10-8,11-9)5-3-6;;/h6,8-9H,1-5H2;;1H/q-1;;. The summed E-state index contributed by atoms with van der Waals surface area (Å²) in [6.45, 7) is 3.86. The van der Waals surface area contributed by atoms with Crippen molar-refractivity contribution < 1.29 is 54.4 Å². The van der Waals surface area contributed by atoms with E-state index in [0.29, 0.717) is 18.8 Å². The zero-order chi connectivity index (χ0) is 8.32. The predicted molar refractivity (Wildman–Crippen MR) is 39.6 cm³/mol. The molecule has 1 radical (unpaired) electrons. The Labute approximate surface area is 98.5 Å². The van der Waals surface area contributed by atoms with Crippen LogP contribution in [0.15, 0.2) is 0 Å². The molecule has 0 spiro atoms. The molecule has 0 aromatic heterocycles. The zero-order valence-corrected chi connectivity index (χ0v) is 9.74. The summed E-state index contributed by atoms with van der Waals surface area (Å²) in [5, 5.41) is 16.8. The molecule has 71 valence electrons. The van der Waals surface area contributed by atoms with E-state index in [1.165, 1.54) is 0 Å². The van der Waals surface area contributed by atoms with Crippen molar-refractivity contribution in [2.24, 2.45) is 5.92 Å². The number of hydrogen-bond donors (Lipinski definition) is 2. The molecule has 0 atom stereocenters. The first-order valence-electron chi connectivity index (χ1n) is 3.71. The summed E-state index contributed by atoms with van der Waals surface area (Å²) >= 11 is 0. The summed E-state index contributed by atoms with van der Waals surface area (Å²) in [6, 6.07) is 0. The fraction of sp³-hybridized carbons (Fsp3) is 0.857. The van der Waals surface area contributed by atoms with Gasteiger partial charge in [0.15, 0.2) is 0 Å². The first-order valence-corrected chi connectivity index (χ1v) is 3.71. The second-order valence-corrected chi connectivity index (χ2v) is 3.04. The SMILES string of the molecule is [CH2-]C1CCC(OO)(OO)CC1.[HH].[Y]. The van der Waals surface area contributed by atoms with E-state index in [1.807, 2.05) is 0 Å². The van der Waals surface area contributed by atoms with Gasteiger partial charge in [-0.2, -0.15) is 5.92 Å². The molecule has 5 heteroatoms. The topological polar surface area (TPSA) is 58.9 Å². The molecular weight excluding hydrogens is 237 g/mol. The third kappa shape index (κ3) is 3.02. The first-order chi connectivity index (χ1) is 5.22. The van der Waals surface area contributed by atoms with Crippen LogP contribution in [0.1, 0.15) is 27.1 Å². The molecule has 1 aliphatic rings. The van der Waals surface area contributed by atoms with E-state index in [-0.39, 0.29) is 34.1 Å². The minimum atomic E-state index is -1.19. The van der Waals surface area contributed by atoms with Gasteiger partial charge < -0.3 is 6.92 Å². The normalized spacial score (nSPS) is 23.2. The van der Waals surface area contributed by atoms with Gasteiger partial charge in [0.1, 0.15) is 0 Å². The monoisotopic (exact) mass is 252 g/mol. The van der Waals surface area contributed by atoms with Gasteiger partial charge in [-0.1, -0.05) is 12.8 Å². The second kappa shape index (κ2) is 5.63. The maximum Gasteiger partial charge on any atom is 0.233 e. The van der Waals surface area contributed by atoms with Crippen LogP contribution in [-0.2, 0) is 42.5 Å². The second-order valence-electron chi connectivity index (χ2n) is 3.04. The van der Waals surface area contributed by atoms with Crippen LogP contribution in [0.25, 0.3) is 0 Å². The molecule has 0 aromatic rings. The molecule has 1 aliphatic carbocycles. The predicted octanol–water partition coefficient (Wildman–Crippen LogP) is 1.93. The van der Waals surface area contributed by atoms with Gasteiger partial charge in [0.2, 0.25) is 5.79 Å². The van der Waals surface area contributed by atoms with Crippen molar-refractivity contribution in [2.45, 2.75) is 31.5 Å². The summed E-state index contributed by atoms with van der Waals surface area (Å²) in [4.78, 5) is 8.15. The molecule has 0 heterocycles. The van der Waals surface area contributed by atoms with Gasteiger partial charge in [-0.15, -0.1) is 0 Å². The Kier molecular flexibility index (Phi) is 6.07. The van der Waals surface area contributed by atoms with Gasteiger partial charge in [0.05, 0.1) is 0 Å². The molecule has 0 amide bonds. The van der Waals surface area contributed by atoms with Crippen LogP contribution in [0.4, 0.5) is 0 Å². The van der Waals surface area contributed by atoms with Gasteiger partial charge in [-0.05, 0) is 0 Å². The van der Waals surface area contributed by atoms with Gasteiger partial charge in [-0.25, -0.2) is 20.3 Å². The summed E-state index contributed by atoms with van der Waals surface area (Å²) in [6.07, 6.45) is 2.55. The largest absolute Gasteiger partial charge is 0.340 e. The molecule has 12 heavy (non-hydrogen) atoms. The van der Waals surface area contributed by atoms with Crippen LogP contribution in [0.2, 0.25) is 0 Å². The van der Waals surface area contributed by atoms with Crippen molar-refractivity contribution in [3.8, 4) is 0 Å². The van der Waals surface area contributed by atoms with Gasteiger partial charge in [-0.3, -0.25) is 0 Å². The van der Waals surface area contributed by atoms with Crippen LogP contribution in [0, 0.1) is 12.8 Å². The van der Waals surface area contributed by atoms with Crippen molar-refractivity contribution in [3.05, 3.63) is 6.92 Å². The molecule has 0 aliphatic heterocycles. The summed E-state index contributed by atoms with van der Waals surface area (Å²) in [5.41, 5.74) is 0. The molecule has 1 saturated carbocycles. The molecule has 0 saturated heterocycles. The minimum absolute atomic E-state index is 0. The minimum Gasteiger partial charge on any atom is -0.340 e. The number of rotatable bonds is 2. The van der Waals surface area contributed by atoms with Crippen molar-refractivity contribution >= 4 is 0 Å². The van der Waals surface area contributed by atoms with Crippen LogP contribution in [-0.4, -0.2) is 16.3 Å². The van der Waals surface area contributed by atoms with E-state index < -0.39 is 5.79 Å². The zero-order valence-electron chi connectivity index (χ0n) is 6.90. The van der Waals surface area contributed by atoms with Crippen LogP contribution in [0.3, 0.4) is 0 Å². The van der Waals surface area contributed by atoms with Crippen LogP contribution in [0.5, 0.6) is 0 Å². The average Bonchev–Trinajstić information content (AvgIpc) is 2.07. The Hall–Kier alpha value is 0.944. The average molecular weight is 252 g/mol. The van der Waals surface area contributed by atoms with Crippen LogP contribution >= 0.6 is 0 Å².